The summed E-state index contributed by atoms with van der Waals surface area (Å²) in [5.41, 5.74) is 1.26. The lowest BCUT2D eigenvalue weighted by atomic mass is 9.81. The number of fused-ring (bicyclic) bond motifs is 2. The van der Waals surface area contributed by atoms with Gasteiger partial charge in [-0.3, -0.25) is 14.5 Å². The van der Waals surface area contributed by atoms with Gasteiger partial charge in [-0.1, -0.05) is 18.0 Å². The van der Waals surface area contributed by atoms with Gasteiger partial charge in [0.1, 0.15) is 11.5 Å². The van der Waals surface area contributed by atoms with Gasteiger partial charge in [0.15, 0.2) is 0 Å². The second kappa shape index (κ2) is 10.4. The van der Waals surface area contributed by atoms with Crippen LogP contribution in [0.2, 0.25) is 5.02 Å². The Kier molecular flexibility index (Phi) is 7.40. The van der Waals surface area contributed by atoms with Crippen LogP contribution in [0.4, 0.5) is 5.69 Å². The van der Waals surface area contributed by atoms with Crippen molar-refractivity contribution in [3.05, 3.63) is 53.1 Å². The summed E-state index contributed by atoms with van der Waals surface area (Å²) in [5.74, 6) is 1.00. The van der Waals surface area contributed by atoms with Gasteiger partial charge in [0, 0.05) is 40.5 Å². The molecular weight excluding hydrogens is 442 g/mol. The summed E-state index contributed by atoms with van der Waals surface area (Å²) in [7, 11) is 3.13. The number of benzene rings is 2. The maximum absolute atomic E-state index is 12.9. The number of amides is 2. The van der Waals surface area contributed by atoms with E-state index in [1.165, 1.54) is 0 Å². The van der Waals surface area contributed by atoms with Gasteiger partial charge < -0.3 is 20.1 Å². The molecule has 2 bridgehead atoms. The number of piperidine rings is 2. The van der Waals surface area contributed by atoms with Gasteiger partial charge in [0.05, 0.1) is 20.8 Å². The van der Waals surface area contributed by atoms with Crippen LogP contribution < -0.4 is 20.1 Å². The molecule has 4 rings (SSSR count). The van der Waals surface area contributed by atoms with Crippen molar-refractivity contribution in [1.82, 2.24) is 10.2 Å². The van der Waals surface area contributed by atoms with Gasteiger partial charge in [-0.25, -0.2) is 0 Å². The molecule has 2 aromatic carbocycles. The van der Waals surface area contributed by atoms with Gasteiger partial charge in [-0.2, -0.15) is 0 Å². The molecule has 2 saturated heterocycles. The fourth-order valence-electron chi connectivity index (χ4n) is 4.96. The molecule has 0 spiro atoms. The maximum atomic E-state index is 12.9. The molecule has 7 nitrogen and oxygen atoms in total. The van der Waals surface area contributed by atoms with E-state index in [1.807, 2.05) is 0 Å². The third-order valence-corrected chi connectivity index (χ3v) is 6.78. The van der Waals surface area contributed by atoms with E-state index in [2.05, 4.69) is 15.5 Å². The summed E-state index contributed by atoms with van der Waals surface area (Å²) in [5, 5.41) is 6.79. The largest absolute Gasteiger partial charge is 0.497 e. The van der Waals surface area contributed by atoms with E-state index in [-0.39, 0.29) is 29.9 Å². The van der Waals surface area contributed by atoms with Crippen molar-refractivity contribution < 1.29 is 19.1 Å². The second-order valence-electron chi connectivity index (χ2n) is 8.71. The van der Waals surface area contributed by atoms with E-state index < -0.39 is 0 Å². The fraction of sp³-hybridized carbons (Fsp3) is 0.440. The lowest BCUT2D eigenvalue weighted by molar-refractivity contribution is -0.120. The van der Waals surface area contributed by atoms with Gasteiger partial charge in [-0.15, -0.1) is 0 Å². The predicted molar refractivity (Wildman–Crippen MR) is 128 cm³/mol. The van der Waals surface area contributed by atoms with Gasteiger partial charge in [-0.05, 0) is 62.1 Å². The molecule has 0 radical (unpaired) electrons. The highest BCUT2D eigenvalue weighted by Gasteiger charge is 2.39. The van der Waals surface area contributed by atoms with Crippen molar-refractivity contribution >= 4 is 29.1 Å². The molecule has 2 N–H and O–H groups in total. The molecule has 0 saturated carbocycles. The van der Waals surface area contributed by atoms with Crippen LogP contribution in [-0.2, 0) is 4.79 Å². The van der Waals surface area contributed by atoms with E-state index in [9.17, 15) is 9.59 Å². The summed E-state index contributed by atoms with van der Waals surface area (Å²) in [6.45, 7) is 0.353. The third kappa shape index (κ3) is 5.78. The topological polar surface area (TPSA) is 79.9 Å². The van der Waals surface area contributed by atoms with Crippen molar-refractivity contribution in [2.45, 2.75) is 50.2 Å². The normalized spacial score (nSPS) is 22.3. The zero-order valence-electron chi connectivity index (χ0n) is 19.0. The summed E-state index contributed by atoms with van der Waals surface area (Å²) >= 11 is 5.92. The Morgan fingerprint density at radius 2 is 1.61 bits per heavy atom. The Balaban J connectivity index is 1.37. The lowest BCUT2D eigenvalue weighted by Crippen LogP contribution is -2.58. The number of carbonyl (C=O) groups excluding carboxylic acids is 2. The lowest BCUT2D eigenvalue weighted by Gasteiger charge is -2.48. The minimum atomic E-state index is -0.135. The van der Waals surface area contributed by atoms with E-state index >= 15 is 0 Å². The number of methoxy groups -OCH3 is 2. The molecule has 2 amide bonds. The molecule has 0 aromatic heterocycles. The summed E-state index contributed by atoms with van der Waals surface area (Å²) in [6, 6.07) is 12.9. The maximum Gasteiger partial charge on any atom is 0.251 e. The zero-order chi connectivity index (χ0) is 23.4. The smallest absolute Gasteiger partial charge is 0.251 e. The number of anilines is 1. The Bertz CT molecular complexity index is 961. The molecule has 176 valence electrons. The van der Waals surface area contributed by atoms with Crippen molar-refractivity contribution in [3.8, 4) is 11.5 Å². The quantitative estimate of drug-likeness (QED) is 0.635. The van der Waals surface area contributed by atoms with Crippen molar-refractivity contribution in [2.75, 3.05) is 26.1 Å². The highest BCUT2D eigenvalue weighted by Crippen LogP contribution is 2.34. The first-order chi connectivity index (χ1) is 15.9. The van der Waals surface area contributed by atoms with Crippen LogP contribution in [0.25, 0.3) is 0 Å². The highest BCUT2D eigenvalue weighted by atomic mass is 35.5. The van der Waals surface area contributed by atoms with Crippen molar-refractivity contribution in [2.24, 2.45) is 0 Å². The number of rotatable bonds is 7. The molecule has 3 atom stereocenters. The van der Waals surface area contributed by atoms with E-state index in [0.29, 0.717) is 28.6 Å². The number of hydrogen-bond acceptors (Lipinski definition) is 5. The van der Waals surface area contributed by atoms with E-state index in [1.54, 1.807) is 56.7 Å². The SMILES string of the molecule is COc1cc(OC)cc(C(=O)NC2C[C@H]3CCC[C@@H](C2)N3CC(=O)Nc2ccc(Cl)cc2)c1. The molecule has 1 unspecified atom stereocenters. The molecule has 0 aliphatic carbocycles. The first kappa shape index (κ1) is 23.4. The fourth-order valence-corrected chi connectivity index (χ4v) is 5.09. The Morgan fingerprint density at radius 3 is 2.18 bits per heavy atom. The number of nitrogens with one attached hydrogen (secondary N) is 2. The number of hydrogen-bond donors (Lipinski definition) is 2. The molecule has 33 heavy (non-hydrogen) atoms. The minimum Gasteiger partial charge on any atom is -0.497 e. The molecule has 8 heteroatoms. The van der Waals surface area contributed by atoms with Crippen LogP contribution in [0.15, 0.2) is 42.5 Å². The molecule has 2 heterocycles. The Hall–Kier alpha value is -2.77. The summed E-state index contributed by atoms with van der Waals surface area (Å²) in [4.78, 5) is 27.9. The van der Waals surface area contributed by atoms with Crippen LogP contribution in [0.1, 0.15) is 42.5 Å². The first-order valence-corrected chi connectivity index (χ1v) is 11.7. The standard InChI is InChI=1S/C25H30ClN3O4/c1-32-22-10-16(11-23(14-22)33-2)25(31)28-19-12-20-4-3-5-21(13-19)29(20)15-24(30)27-18-8-6-17(26)7-9-18/h6-11,14,19-21H,3-5,12-13,15H2,1-2H3,(H,27,30)(H,28,31)/t19?,20-,21+. The molecule has 2 aliphatic rings. The average molecular weight is 472 g/mol. The molecular formula is C25H30ClN3O4. The van der Waals surface area contributed by atoms with Crippen molar-refractivity contribution in [1.29, 1.82) is 0 Å². The Morgan fingerprint density at radius 1 is 1.00 bits per heavy atom. The Labute approximate surface area is 199 Å². The number of ether oxygens (including phenoxy) is 2. The van der Waals surface area contributed by atoms with E-state index in [4.69, 9.17) is 21.1 Å². The van der Waals surface area contributed by atoms with Gasteiger partial charge in [0.2, 0.25) is 5.91 Å². The summed E-state index contributed by atoms with van der Waals surface area (Å²) in [6.07, 6.45) is 4.88. The predicted octanol–water partition coefficient (Wildman–Crippen LogP) is 4.11. The monoisotopic (exact) mass is 471 g/mol. The highest BCUT2D eigenvalue weighted by molar-refractivity contribution is 6.30. The number of halogens is 1. The second-order valence-corrected chi connectivity index (χ2v) is 9.15. The van der Waals surface area contributed by atoms with Gasteiger partial charge in [0.25, 0.3) is 5.91 Å². The third-order valence-electron chi connectivity index (χ3n) is 6.53. The van der Waals surface area contributed by atoms with Crippen LogP contribution in [0.5, 0.6) is 11.5 Å². The van der Waals surface area contributed by atoms with Crippen LogP contribution in [0.3, 0.4) is 0 Å². The van der Waals surface area contributed by atoms with Crippen molar-refractivity contribution in [3.63, 3.8) is 0 Å². The molecule has 2 fully saturated rings. The van der Waals surface area contributed by atoms with Crippen LogP contribution >= 0.6 is 11.6 Å². The number of nitrogens with zero attached hydrogens (tertiary/aromatic N) is 1. The number of carbonyl (C=O) groups is 2. The summed E-state index contributed by atoms with van der Waals surface area (Å²) < 4.78 is 10.6. The van der Waals surface area contributed by atoms with E-state index in [0.717, 1.165) is 37.8 Å². The van der Waals surface area contributed by atoms with Crippen LogP contribution in [0, 0.1) is 0 Å². The average Bonchev–Trinajstić information content (AvgIpc) is 2.80. The molecule has 2 aromatic rings. The minimum absolute atomic E-state index is 0.0276. The van der Waals surface area contributed by atoms with Gasteiger partial charge >= 0.3 is 0 Å². The molecule has 2 aliphatic heterocycles. The zero-order valence-corrected chi connectivity index (χ0v) is 19.7. The first-order valence-electron chi connectivity index (χ1n) is 11.3. The van der Waals surface area contributed by atoms with Crippen LogP contribution in [-0.4, -0.2) is 55.6 Å².